The third kappa shape index (κ3) is 4.40. The van der Waals surface area contributed by atoms with E-state index in [1.54, 1.807) is 30.3 Å². The number of halogens is 2. The zero-order valence-electron chi connectivity index (χ0n) is 10.2. The molecule has 1 aromatic carbocycles. The first-order chi connectivity index (χ1) is 9.65. The highest BCUT2D eigenvalue weighted by atomic mass is 79.9. The number of nitrogens with one attached hydrogen (secondary N) is 1. The van der Waals surface area contributed by atoms with Crippen LogP contribution >= 0.6 is 27.5 Å². The second-order valence-corrected chi connectivity index (χ2v) is 4.99. The standard InChI is InChI=1S/C13H10BrClN2O3/c14-9-3-4-12(11(15)6-9)20-8-13(18)17-16-7-10-2-1-5-19-10/h1-7H,8H2,(H,17,18)/b16-7+. The maximum absolute atomic E-state index is 11.5. The van der Waals surface area contributed by atoms with Crippen molar-refractivity contribution in [2.24, 2.45) is 5.10 Å². The molecule has 1 aromatic heterocycles. The van der Waals surface area contributed by atoms with Crippen LogP contribution in [0.1, 0.15) is 5.76 Å². The summed E-state index contributed by atoms with van der Waals surface area (Å²) >= 11 is 9.24. The zero-order chi connectivity index (χ0) is 14.4. The molecule has 0 unspecified atom stereocenters. The number of furan rings is 1. The maximum Gasteiger partial charge on any atom is 0.277 e. The lowest BCUT2D eigenvalue weighted by molar-refractivity contribution is -0.123. The van der Waals surface area contributed by atoms with E-state index in [1.807, 2.05) is 0 Å². The minimum absolute atomic E-state index is 0.184. The molecule has 0 aliphatic carbocycles. The highest BCUT2D eigenvalue weighted by Crippen LogP contribution is 2.27. The number of benzene rings is 1. The summed E-state index contributed by atoms with van der Waals surface area (Å²) in [7, 11) is 0. The Morgan fingerprint density at radius 2 is 2.35 bits per heavy atom. The monoisotopic (exact) mass is 356 g/mol. The SMILES string of the molecule is O=C(COc1ccc(Br)cc1Cl)N/N=C/c1ccco1. The predicted octanol–water partition coefficient (Wildman–Crippen LogP) is 3.22. The van der Waals surface area contributed by atoms with Gasteiger partial charge in [-0.05, 0) is 30.3 Å². The van der Waals surface area contributed by atoms with Crippen LogP contribution in [0.15, 0.2) is 50.6 Å². The van der Waals surface area contributed by atoms with E-state index in [0.717, 1.165) is 4.47 Å². The second kappa shape index (κ2) is 7.12. The number of hydrogen-bond donors (Lipinski definition) is 1. The first-order valence-corrected chi connectivity index (χ1v) is 6.75. The molecule has 7 heteroatoms. The lowest BCUT2D eigenvalue weighted by Crippen LogP contribution is -2.24. The normalized spacial score (nSPS) is 10.7. The Labute approximate surface area is 128 Å². The third-order valence-corrected chi connectivity index (χ3v) is 2.97. The van der Waals surface area contributed by atoms with Gasteiger partial charge in [0, 0.05) is 4.47 Å². The number of hydrazone groups is 1. The summed E-state index contributed by atoms with van der Waals surface area (Å²) in [6.45, 7) is -0.184. The summed E-state index contributed by atoms with van der Waals surface area (Å²) in [4.78, 5) is 11.5. The number of ether oxygens (including phenoxy) is 1. The van der Waals surface area contributed by atoms with Crippen LogP contribution in [0.4, 0.5) is 0 Å². The molecular weight excluding hydrogens is 348 g/mol. The first-order valence-electron chi connectivity index (χ1n) is 5.58. The van der Waals surface area contributed by atoms with Gasteiger partial charge in [0.15, 0.2) is 6.61 Å². The molecular formula is C13H10BrClN2O3. The lowest BCUT2D eigenvalue weighted by Gasteiger charge is -2.06. The van der Waals surface area contributed by atoms with Crippen molar-refractivity contribution in [3.8, 4) is 5.75 Å². The molecule has 0 aliphatic rings. The van der Waals surface area contributed by atoms with Crippen LogP contribution in [0.25, 0.3) is 0 Å². The molecule has 0 spiro atoms. The van der Waals surface area contributed by atoms with E-state index in [0.29, 0.717) is 16.5 Å². The van der Waals surface area contributed by atoms with Gasteiger partial charge in [0.2, 0.25) is 0 Å². The second-order valence-electron chi connectivity index (χ2n) is 3.67. The summed E-state index contributed by atoms with van der Waals surface area (Å²) in [5, 5.41) is 4.15. The molecule has 0 atom stereocenters. The van der Waals surface area contributed by atoms with E-state index in [4.69, 9.17) is 20.8 Å². The van der Waals surface area contributed by atoms with E-state index < -0.39 is 5.91 Å². The molecule has 1 N–H and O–H groups in total. The van der Waals surface area contributed by atoms with Crippen LogP contribution in [0, 0.1) is 0 Å². The largest absolute Gasteiger partial charge is 0.482 e. The Hall–Kier alpha value is -1.79. The van der Waals surface area contributed by atoms with Crippen molar-refractivity contribution in [3.05, 3.63) is 51.9 Å². The van der Waals surface area contributed by atoms with Gasteiger partial charge in [0.05, 0.1) is 17.5 Å². The third-order valence-electron chi connectivity index (χ3n) is 2.18. The fourth-order valence-electron chi connectivity index (χ4n) is 1.30. The van der Waals surface area contributed by atoms with Crippen LogP contribution in [0.3, 0.4) is 0 Å². The van der Waals surface area contributed by atoms with E-state index in [-0.39, 0.29) is 6.61 Å². The Kier molecular flexibility index (Phi) is 5.20. The molecule has 2 aromatic rings. The molecule has 1 amide bonds. The van der Waals surface area contributed by atoms with Crippen molar-refractivity contribution in [1.82, 2.24) is 5.43 Å². The lowest BCUT2D eigenvalue weighted by atomic mass is 10.3. The molecule has 1 heterocycles. The van der Waals surface area contributed by atoms with Crippen molar-refractivity contribution in [3.63, 3.8) is 0 Å². The molecule has 104 valence electrons. The van der Waals surface area contributed by atoms with Crippen molar-refractivity contribution >= 4 is 39.7 Å². The highest BCUT2D eigenvalue weighted by molar-refractivity contribution is 9.10. The van der Waals surface area contributed by atoms with Gasteiger partial charge in [-0.15, -0.1) is 0 Å². The number of amides is 1. The molecule has 0 saturated carbocycles. The Bertz CT molecular complexity index is 614. The summed E-state index contributed by atoms with van der Waals surface area (Å²) < 4.78 is 11.1. The van der Waals surface area contributed by atoms with Gasteiger partial charge >= 0.3 is 0 Å². The molecule has 0 aliphatic heterocycles. The van der Waals surface area contributed by atoms with Crippen LogP contribution < -0.4 is 10.2 Å². The van der Waals surface area contributed by atoms with Crippen molar-refractivity contribution in [2.75, 3.05) is 6.61 Å². The van der Waals surface area contributed by atoms with E-state index in [1.165, 1.54) is 12.5 Å². The van der Waals surface area contributed by atoms with Crippen LogP contribution in [-0.4, -0.2) is 18.7 Å². The fraction of sp³-hybridized carbons (Fsp3) is 0.0769. The minimum Gasteiger partial charge on any atom is -0.482 e. The number of rotatable bonds is 5. The molecule has 5 nitrogen and oxygen atoms in total. The number of hydrogen-bond acceptors (Lipinski definition) is 4. The average Bonchev–Trinajstić information content (AvgIpc) is 2.91. The van der Waals surface area contributed by atoms with Crippen molar-refractivity contribution in [1.29, 1.82) is 0 Å². The molecule has 0 bridgehead atoms. The van der Waals surface area contributed by atoms with Gasteiger partial charge in [0.1, 0.15) is 11.5 Å². The van der Waals surface area contributed by atoms with Gasteiger partial charge in [0.25, 0.3) is 5.91 Å². The molecule has 0 saturated heterocycles. The summed E-state index contributed by atoms with van der Waals surface area (Å²) in [5.41, 5.74) is 2.32. The van der Waals surface area contributed by atoms with E-state index in [9.17, 15) is 4.79 Å². The smallest absolute Gasteiger partial charge is 0.277 e. The Morgan fingerprint density at radius 3 is 3.05 bits per heavy atom. The molecule has 0 fully saturated rings. The number of carbonyl (C=O) groups is 1. The molecule has 0 radical (unpaired) electrons. The van der Waals surface area contributed by atoms with Crippen LogP contribution in [0.2, 0.25) is 5.02 Å². The molecule has 2 rings (SSSR count). The predicted molar refractivity (Wildman–Crippen MR) is 79.1 cm³/mol. The van der Waals surface area contributed by atoms with Crippen molar-refractivity contribution < 1.29 is 13.9 Å². The van der Waals surface area contributed by atoms with Gasteiger partial charge < -0.3 is 9.15 Å². The summed E-state index contributed by atoms with van der Waals surface area (Å²) in [6.07, 6.45) is 2.91. The number of carbonyl (C=O) groups excluding carboxylic acids is 1. The van der Waals surface area contributed by atoms with Crippen LogP contribution in [0.5, 0.6) is 5.75 Å². The van der Waals surface area contributed by atoms with Gasteiger partial charge in [-0.1, -0.05) is 27.5 Å². The Morgan fingerprint density at radius 1 is 1.50 bits per heavy atom. The number of nitrogens with zero attached hydrogens (tertiary/aromatic N) is 1. The maximum atomic E-state index is 11.5. The minimum atomic E-state index is -0.396. The fourth-order valence-corrected chi connectivity index (χ4v) is 2.03. The Balaban J connectivity index is 1.80. The summed E-state index contributed by atoms with van der Waals surface area (Å²) in [5.74, 6) is 0.578. The topological polar surface area (TPSA) is 63.8 Å². The average molecular weight is 358 g/mol. The first kappa shape index (κ1) is 14.6. The quantitative estimate of drug-likeness (QED) is 0.660. The van der Waals surface area contributed by atoms with Gasteiger partial charge in [-0.3, -0.25) is 4.79 Å². The van der Waals surface area contributed by atoms with Gasteiger partial charge in [-0.25, -0.2) is 5.43 Å². The molecule has 20 heavy (non-hydrogen) atoms. The van der Waals surface area contributed by atoms with Gasteiger partial charge in [-0.2, -0.15) is 5.10 Å². The van der Waals surface area contributed by atoms with E-state index >= 15 is 0 Å². The van der Waals surface area contributed by atoms with E-state index in [2.05, 4.69) is 26.5 Å². The summed E-state index contributed by atoms with van der Waals surface area (Å²) in [6, 6.07) is 8.57. The van der Waals surface area contributed by atoms with Crippen LogP contribution in [-0.2, 0) is 4.79 Å². The zero-order valence-corrected chi connectivity index (χ0v) is 12.5. The highest BCUT2D eigenvalue weighted by Gasteiger charge is 2.05. The van der Waals surface area contributed by atoms with Crippen molar-refractivity contribution in [2.45, 2.75) is 0 Å².